The van der Waals surface area contributed by atoms with E-state index in [0.717, 1.165) is 12.1 Å². The number of hydrogen-bond donors (Lipinski definition) is 5. The van der Waals surface area contributed by atoms with Crippen molar-refractivity contribution < 1.29 is 20.2 Å². The molecule has 100 valence electrons. The first-order valence-corrected chi connectivity index (χ1v) is 4.99. The minimum Gasteiger partial charge on any atom is -0.394 e. The number of anilines is 2. The predicted octanol–water partition coefficient (Wildman–Crippen LogP) is -1.30. The van der Waals surface area contributed by atoms with Gasteiger partial charge in [-0.3, -0.25) is 10.1 Å². The topological polar surface area (TPSA) is 155 Å². The normalized spacial score (nSPS) is 11.3. The van der Waals surface area contributed by atoms with Crippen LogP contribution in [0.2, 0.25) is 0 Å². The van der Waals surface area contributed by atoms with E-state index >= 15 is 0 Å². The van der Waals surface area contributed by atoms with Gasteiger partial charge in [-0.1, -0.05) is 0 Å². The third-order valence-electron chi connectivity index (χ3n) is 2.34. The van der Waals surface area contributed by atoms with E-state index in [9.17, 15) is 10.1 Å². The molecule has 0 unspecified atom stereocenters. The Hall–Kier alpha value is -1.97. The third-order valence-corrected chi connectivity index (χ3v) is 2.34. The highest BCUT2D eigenvalue weighted by Crippen LogP contribution is 2.21. The summed E-state index contributed by atoms with van der Waals surface area (Å²) in [5, 5.41) is 40.5. The predicted molar refractivity (Wildman–Crippen MR) is 62.9 cm³/mol. The van der Waals surface area contributed by atoms with E-state index in [2.05, 4.69) is 10.3 Å². The molecule has 1 heterocycles. The smallest absolute Gasteiger partial charge is 0.276 e. The van der Waals surface area contributed by atoms with E-state index in [4.69, 9.17) is 21.1 Å². The van der Waals surface area contributed by atoms with Crippen LogP contribution in [-0.4, -0.2) is 50.6 Å². The molecule has 9 nitrogen and oxygen atoms in total. The van der Waals surface area contributed by atoms with Crippen LogP contribution in [0.3, 0.4) is 0 Å². The Labute approximate surface area is 102 Å². The Morgan fingerprint density at radius 3 is 2.33 bits per heavy atom. The quantitative estimate of drug-likeness (QED) is 0.311. The lowest BCUT2D eigenvalue weighted by Gasteiger charge is -2.29. The van der Waals surface area contributed by atoms with Crippen LogP contribution in [0.1, 0.15) is 0 Å². The lowest BCUT2D eigenvalue weighted by Crippen LogP contribution is -2.49. The Morgan fingerprint density at radius 1 is 1.33 bits per heavy atom. The SMILES string of the molecule is Nc1cc([N+](=O)[O-])cc(NC(CO)(CO)CO)n1. The number of nitrogens with zero attached hydrogens (tertiary/aromatic N) is 2. The monoisotopic (exact) mass is 258 g/mol. The van der Waals surface area contributed by atoms with Crippen LogP contribution < -0.4 is 11.1 Å². The third kappa shape index (κ3) is 3.03. The number of aromatic nitrogens is 1. The molecule has 0 radical (unpaired) electrons. The fourth-order valence-corrected chi connectivity index (χ4v) is 1.25. The maximum Gasteiger partial charge on any atom is 0.276 e. The van der Waals surface area contributed by atoms with Gasteiger partial charge in [0.2, 0.25) is 0 Å². The summed E-state index contributed by atoms with van der Waals surface area (Å²) in [5.74, 6) is -0.103. The van der Waals surface area contributed by atoms with Gasteiger partial charge in [0.25, 0.3) is 5.69 Å². The van der Waals surface area contributed by atoms with Crippen molar-refractivity contribution in [3.8, 4) is 0 Å². The molecule has 0 fully saturated rings. The van der Waals surface area contributed by atoms with Crippen molar-refractivity contribution in [3.05, 3.63) is 22.2 Å². The summed E-state index contributed by atoms with van der Waals surface area (Å²) in [6, 6.07) is 2.16. The molecule has 6 N–H and O–H groups in total. The van der Waals surface area contributed by atoms with Gasteiger partial charge in [0.05, 0.1) is 36.9 Å². The van der Waals surface area contributed by atoms with Gasteiger partial charge in [0.15, 0.2) is 0 Å². The molecule has 1 aromatic rings. The van der Waals surface area contributed by atoms with Crippen molar-refractivity contribution in [2.24, 2.45) is 0 Å². The highest BCUT2D eigenvalue weighted by Gasteiger charge is 2.28. The number of hydrogen-bond acceptors (Lipinski definition) is 8. The van der Waals surface area contributed by atoms with Gasteiger partial charge in [-0.05, 0) is 0 Å². The van der Waals surface area contributed by atoms with Crippen LogP contribution in [0.5, 0.6) is 0 Å². The van der Waals surface area contributed by atoms with Gasteiger partial charge in [-0.15, -0.1) is 0 Å². The van der Waals surface area contributed by atoms with Crippen molar-refractivity contribution in [3.63, 3.8) is 0 Å². The van der Waals surface area contributed by atoms with Gasteiger partial charge in [0.1, 0.15) is 17.2 Å². The molecule has 0 aliphatic rings. The van der Waals surface area contributed by atoms with Gasteiger partial charge in [0, 0.05) is 0 Å². The van der Waals surface area contributed by atoms with E-state index in [-0.39, 0.29) is 17.3 Å². The zero-order valence-corrected chi connectivity index (χ0v) is 9.41. The van der Waals surface area contributed by atoms with Crippen molar-refractivity contribution in [1.29, 1.82) is 0 Å². The molecule has 0 saturated heterocycles. The number of rotatable bonds is 6. The molecule has 18 heavy (non-hydrogen) atoms. The van der Waals surface area contributed by atoms with Crippen LogP contribution in [0, 0.1) is 10.1 Å². The maximum atomic E-state index is 10.6. The average molecular weight is 258 g/mol. The first kappa shape index (κ1) is 14.1. The largest absolute Gasteiger partial charge is 0.394 e. The number of nitro groups is 1. The molecule has 0 bridgehead atoms. The van der Waals surface area contributed by atoms with E-state index in [0.29, 0.717) is 0 Å². The summed E-state index contributed by atoms with van der Waals surface area (Å²) < 4.78 is 0. The lowest BCUT2D eigenvalue weighted by atomic mass is 10.0. The lowest BCUT2D eigenvalue weighted by molar-refractivity contribution is -0.384. The summed E-state index contributed by atoms with van der Waals surface area (Å²) in [6.07, 6.45) is 0. The standard InChI is InChI=1S/C9H14N4O5/c10-7-1-6(13(17)18)2-8(11-7)12-9(3-14,4-15)5-16/h1-2,14-16H,3-5H2,(H3,10,11,12). The Balaban J connectivity index is 3.06. The number of pyridine rings is 1. The van der Waals surface area contributed by atoms with Gasteiger partial charge in [-0.2, -0.15) is 0 Å². The first-order valence-electron chi connectivity index (χ1n) is 4.99. The van der Waals surface area contributed by atoms with E-state index in [1.807, 2.05) is 0 Å². The second kappa shape index (κ2) is 5.58. The minimum atomic E-state index is -1.42. The highest BCUT2D eigenvalue weighted by molar-refractivity contribution is 5.53. The van der Waals surface area contributed by atoms with Crippen molar-refractivity contribution in [2.75, 3.05) is 30.9 Å². The van der Waals surface area contributed by atoms with Crippen molar-refractivity contribution in [2.45, 2.75) is 5.54 Å². The first-order chi connectivity index (χ1) is 8.46. The summed E-state index contributed by atoms with van der Waals surface area (Å²) >= 11 is 0. The molecule has 0 saturated carbocycles. The van der Waals surface area contributed by atoms with Gasteiger partial charge >= 0.3 is 0 Å². The second-order valence-electron chi connectivity index (χ2n) is 3.77. The molecule has 1 aromatic heterocycles. The summed E-state index contributed by atoms with van der Waals surface area (Å²) in [5.41, 5.74) is 3.69. The van der Waals surface area contributed by atoms with Crippen LogP contribution in [0.4, 0.5) is 17.3 Å². The minimum absolute atomic E-state index is 0.0150. The molecule has 0 spiro atoms. The number of aliphatic hydroxyl groups is 3. The summed E-state index contributed by atoms with van der Waals surface area (Å²) in [4.78, 5) is 13.7. The number of nitrogen functional groups attached to an aromatic ring is 1. The van der Waals surface area contributed by atoms with Gasteiger partial charge < -0.3 is 26.4 Å². The fourth-order valence-electron chi connectivity index (χ4n) is 1.25. The highest BCUT2D eigenvalue weighted by atomic mass is 16.6. The molecule has 9 heteroatoms. The maximum absolute atomic E-state index is 10.6. The molecule has 0 aliphatic heterocycles. The molecule has 1 rings (SSSR count). The number of nitrogens with one attached hydrogen (secondary N) is 1. The second-order valence-corrected chi connectivity index (χ2v) is 3.77. The Kier molecular flexibility index (Phi) is 4.37. The Morgan fingerprint density at radius 2 is 1.89 bits per heavy atom. The summed E-state index contributed by atoms with van der Waals surface area (Å²) in [6.45, 7) is -1.74. The molecular formula is C9H14N4O5. The molecule has 0 aliphatic carbocycles. The summed E-state index contributed by atoms with van der Waals surface area (Å²) in [7, 11) is 0. The van der Waals surface area contributed by atoms with E-state index in [1.54, 1.807) is 0 Å². The molecule has 0 atom stereocenters. The zero-order chi connectivity index (χ0) is 13.8. The Bertz CT molecular complexity index is 427. The van der Waals surface area contributed by atoms with Crippen LogP contribution >= 0.6 is 0 Å². The molecule has 0 aromatic carbocycles. The number of aliphatic hydroxyl groups excluding tert-OH is 3. The molecular weight excluding hydrogens is 244 g/mol. The fraction of sp³-hybridized carbons (Fsp3) is 0.444. The van der Waals surface area contributed by atoms with Crippen molar-refractivity contribution in [1.82, 2.24) is 4.98 Å². The van der Waals surface area contributed by atoms with E-state index in [1.165, 1.54) is 0 Å². The van der Waals surface area contributed by atoms with Gasteiger partial charge in [-0.25, -0.2) is 4.98 Å². The molecule has 0 amide bonds. The van der Waals surface area contributed by atoms with Crippen LogP contribution in [-0.2, 0) is 0 Å². The zero-order valence-electron chi connectivity index (χ0n) is 9.41. The van der Waals surface area contributed by atoms with Crippen molar-refractivity contribution >= 4 is 17.3 Å². The average Bonchev–Trinajstić information content (AvgIpc) is 2.35. The van der Waals surface area contributed by atoms with E-state index < -0.39 is 30.3 Å². The van der Waals surface area contributed by atoms with Crippen LogP contribution in [0.15, 0.2) is 12.1 Å². The van der Waals surface area contributed by atoms with Crippen LogP contribution in [0.25, 0.3) is 0 Å². The number of nitrogens with two attached hydrogens (primary N) is 1.